The zero-order valence-electron chi connectivity index (χ0n) is 16.8. The Kier molecular flexibility index (Phi) is 9.04. The highest BCUT2D eigenvalue weighted by Gasteiger charge is 2.20. The Hall–Kier alpha value is -1.81. The van der Waals surface area contributed by atoms with Gasteiger partial charge in [-0.2, -0.15) is 0 Å². The molecule has 1 aromatic carbocycles. The molecule has 0 bridgehead atoms. The van der Waals surface area contributed by atoms with Crippen LogP contribution in [0, 0.1) is 6.92 Å². The molecule has 0 spiro atoms. The van der Waals surface area contributed by atoms with Gasteiger partial charge in [0.15, 0.2) is 5.96 Å². The first-order valence-electron chi connectivity index (χ1n) is 9.45. The van der Waals surface area contributed by atoms with Crippen molar-refractivity contribution in [1.82, 2.24) is 20.3 Å². The lowest BCUT2D eigenvalue weighted by atomic mass is 10.2. The first-order valence-corrected chi connectivity index (χ1v) is 9.45. The van der Waals surface area contributed by atoms with Gasteiger partial charge in [0.25, 0.3) is 0 Å². The summed E-state index contributed by atoms with van der Waals surface area (Å²) in [7, 11) is 1.83. The number of aromatic nitrogens is 1. The number of guanidine groups is 1. The summed E-state index contributed by atoms with van der Waals surface area (Å²) in [5.41, 5.74) is 2.13. The van der Waals surface area contributed by atoms with Crippen molar-refractivity contribution in [3.63, 3.8) is 0 Å². The summed E-state index contributed by atoms with van der Waals surface area (Å²) >= 11 is 0. The van der Waals surface area contributed by atoms with E-state index in [-0.39, 0.29) is 30.1 Å². The van der Waals surface area contributed by atoms with Crippen LogP contribution in [-0.4, -0.2) is 66.8 Å². The Bertz CT molecular complexity index is 730. The number of halogens is 1. The number of rotatable bonds is 6. The lowest BCUT2D eigenvalue weighted by molar-refractivity contribution is 0.167. The van der Waals surface area contributed by atoms with Crippen molar-refractivity contribution < 1.29 is 9.26 Å². The van der Waals surface area contributed by atoms with E-state index in [0.29, 0.717) is 6.54 Å². The topological polar surface area (TPSA) is 66.1 Å². The molecular weight excluding hydrogens is 469 g/mol. The molecular formula is C20H30IN5O2. The molecule has 1 saturated heterocycles. The van der Waals surface area contributed by atoms with E-state index in [9.17, 15) is 0 Å². The second kappa shape index (κ2) is 11.3. The molecule has 7 nitrogen and oxygen atoms in total. The number of para-hydroxylation sites is 1. The summed E-state index contributed by atoms with van der Waals surface area (Å²) in [5, 5.41) is 7.43. The van der Waals surface area contributed by atoms with Gasteiger partial charge in [0.05, 0.1) is 12.2 Å². The van der Waals surface area contributed by atoms with Crippen molar-refractivity contribution in [2.24, 2.45) is 4.99 Å². The maximum absolute atomic E-state index is 6.04. The summed E-state index contributed by atoms with van der Waals surface area (Å²) in [4.78, 5) is 9.11. The number of benzene rings is 1. The van der Waals surface area contributed by atoms with Crippen LogP contribution in [-0.2, 0) is 6.54 Å². The van der Waals surface area contributed by atoms with Crippen molar-refractivity contribution in [3.8, 4) is 5.75 Å². The van der Waals surface area contributed by atoms with Gasteiger partial charge >= 0.3 is 0 Å². The third-order valence-corrected chi connectivity index (χ3v) is 4.73. The number of ether oxygens (including phenoxy) is 1. The van der Waals surface area contributed by atoms with Gasteiger partial charge in [-0.1, -0.05) is 23.4 Å². The molecule has 1 fully saturated rings. The van der Waals surface area contributed by atoms with Crippen LogP contribution in [0.5, 0.6) is 5.75 Å². The molecule has 0 amide bonds. The van der Waals surface area contributed by atoms with Crippen molar-refractivity contribution in [2.45, 2.75) is 26.5 Å². The van der Waals surface area contributed by atoms with Crippen LogP contribution < -0.4 is 10.1 Å². The summed E-state index contributed by atoms with van der Waals surface area (Å²) in [6.45, 7) is 9.49. The molecule has 2 heterocycles. The number of hydrogen-bond donors (Lipinski definition) is 1. The molecule has 0 saturated carbocycles. The molecule has 2 aromatic rings. The Morgan fingerprint density at radius 1 is 1.25 bits per heavy atom. The minimum Gasteiger partial charge on any atom is -0.489 e. The Morgan fingerprint density at radius 3 is 2.64 bits per heavy atom. The third kappa shape index (κ3) is 6.37. The molecule has 3 rings (SSSR count). The molecule has 28 heavy (non-hydrogen) atoms. The van der Waals surface area contributed by atoms with Crippen molar-refractivity contribution >= 4 is 29.9 Å². The maximum Gasteiger partial charge on any atom is 0.193 e. The van der Waals surface area contributed by atoms with Crippen molar-refractivity contribution in [1.29, 1.82) is 0 Å². The van der Waals surface area contributed by atoms with Crippen LogP contribution in [0.1, 0.15) is 18.2 Å². The highest BCUT2D eigenvalue weighted by Crippen LogP contribution is 2.17. The van der Waals surface area contributed by atoms with Gasteiger partial charge in [-0.15, -0.1) is 24.0 Å². The maximum atomic E-state index is 6.04. The van der Waals surface area contributed by atoms with Gasteiger partial charge in [-0.05, 0) is 25.5 Å². The fourth-order valence-electron chi connectivity index (χ4n) is 3.18. The zero-order valence-corrected chi connectivity index (χ0v) is 19.1. The molecule has 1 aliphatic heterocycles. The van der Waals surface area contributed by atoms with Gasteiger partial charge in [-0.3, -0.25) is 9.89 Å². The van der Waals surface area contributed by atoms with E-state index in [4.69, 9.17) is 9.26 Å². The van der Waals surface area contributed by atoms with E-state index < -0.39 is 0 Å². The number of hydrogen-bond acceptors (Lipinski definition) is 5. The zero-order chi connectivity index (χ0) is 19.1. The molecule has 1 N–H and O–H groups in total. The quantitative estimate of drug-likeness (QED) is 0.375. The van der Waals surface area contributed by atoms with E-state index in [1.807, 2.05) is 31.3 Å². The van der Waals surface area contributed by atoms with Gasteiger partial charge in [-0.25, -0.2) is 0 Å². The average molecular weight is 499 g/mol. The predicted octanol–water partition coefficient (Wildman–Crippen LogP) is 2.76. The first kappa shape index (κ1) is 22.5. The third-order valence-electron chi connectivity index (χ3n) is 4.73. The van der Waals surface area contributed by atoms with Gasteiger partial charge in [0.1, 0.15) is 18.1 Å². The largest absolute Gasteiger partial charge is 0.489 e. The molecule has 1 unspecified atom stereocenters. The second-order valence-electron chi connectivity index (χ2n) is 6.88. The standard InChI is InChI=1S/C20H29N5O2.HI/c1-16-6-4-5-7-19(16)27-17(2)14-22-20(21-3)25-11-9-24(10-12-25)15-18-8-13-26-23-18;/h4-8,13,17H,9-12,14-15H2,1-3H3,(H,21,22);1H. The highest BCUT2D eigenvalue weighted by atomic mass is 127. The summed E-state index contributed by atoms with van der Waals surface area (Å²) in [6, 6.07) is 10.0. The van der Waals surface area contributed by atoms with Crippen molar-refractivity contribution in [3.05, 3.63) is 47.9 Å². The SMILES string of the molecule is CN=C(NCC(C)Oc1ccccc1C)N1CCN(Cc2ccon2)CC1.I. The Labute approximate surface area is 184 Å². The smallest absolute Gasteiger partial charge is 0.193 e. The monoisotopic (exact) mass is 499 g/mol. The summed E-state index contributed by atoms with van der Waals surface area (Å²) in [5.74, 6) is 1.86. The van der Waals surface area contributed by atoms with Gasteiger partial charge < -0.3 is 19.5 Å². The molecule has 1 aromatic heterocycles. The normalized spacial score (nSPS) is 16.4. The van der Waals surface area contributed by atoms with E-state index in [2.05, 4.69) is 45.2 Å². The van der Waals surface area contributed by atoms with E-state index in [1.165, 1.54) is 0 Å². The highest BCUT2D eigenvalue weighted by molar-refractivity contribution is 14.0. The Balaban J connectivity index is 0.00000280. The molecule has 0 aliphatic carbocycles. The second-order valence-corrected chi connectivity index (χ2v) is 6.88. The van der Waals surface area contributed by atoms with Crippen LogP contribution >= 0.6 is 24.0 Å². The lowest BCUT2D eigenvalue weighted by Gasteiger charge is -2.36. The Morgan fingerprint density at radius 2 is 2.00 bits per heavy atom. The minimum atomic E-state index is 0. The molecule has 8 heteroatoms. The first-order chi connectivity index (χ1) is 13.2. The molecule has 1 atom stereocenters. The van der Waals surface area contributed by atoms with Gasteiger partial charge in [0.2, 0.25) is 0 Å². The summed E-state index contributed by atoms with van der Waals surface area (Å²) in [6.07, 6.45) is 1.67. The van der Waals surface area contributed by atoms with Crippen LogP contribution in [0.25, 0.3) is 0 Å². The average Bonchev–Trinajstić information content (AvgIpc) is 3.18. The van der Waals surface area contributed by atoms with Crippen molar-refractivity contribution in [2.75, 3.05) is 39.8 Å². The predicted molar refractivity (Wildman–Crippen MR) is 121 cm³/mol. The number of nitrogens with zero attached hydrogens (tertiary/aromatic N) is 4. The summed E-state index contributed by atoms with van der Waals surface area (Å²) < 4.78 is 11.0. The fourth-order valence-corrected chi connectivity index (χ4v) is 3.18. The lowest BCUT2D eigenvalue weighted by Crippen LogP contribution is -2.53. The number of nitrogens with one attached hydrogen (secondary N) is 1. The van der Waals surface area contributed by atoms with E-state index >= 15 is 0 Å². The van der Waals surface area contributed by atoms with Crippen LogP contribution in [0.15, 0.2) is 46.1 Å². The number of piperazine rings is 1. The fraction of sp³-hybridized carbons (Fsp3) is 0.500. The van der Waals surface area contributed by atoms with Crippen LogP contribution in [0.3, 0.4) is 0 Å². The van der Waals surface area contributed by atoms with E-state index in [0.717, 1.165) is 55.7 Å². The number of aryl methyl sites for hydroxylation is 1. The number of aliphatic imine (C=N–C) groups is 1. The molecule has 0 radical (unpaired) electrons. The van der Waals surface area contributed by atoms with Gasteiger partial charge in [0, 0.05) is 45.8 Å². The molecule has 154 valence electrons. The minimum absolute atomic E-state index is 0. The van der Waals surface area contributed by atoms with Crippen LogP contribution in [0.2, 0.25) is 0 Å². The molecule has 1 aliphatic rings. The van der Waals surface area contributed by atoms with Crippen LogP contribution in [0.4, 0.5) is 0 Å². The van der Waals surface area contributed by atoms with E-state index in [1.54, 1.807) is 6.26 Å².